The molecule has 82 valence electrons. The molecule has 2 rings (SSSR count). The molecule has 0 fully saturated rings. The van der Waals surface area contributed by atoms with Crippen LogP contribution in [0.15, 0.2) is 24.3 Å². The van der Waals surface area contributed by atoms with Crippen molar-refractivity contribution in [2.75, 3.05) is 0 Å². The molecule has 0 atom stereocenters. The fraction of sp³-hybridized carbons (Fsp3) is 0. The van der Waals surface area contributed by atoms with Crippen molar-refractivity contribution in [3.63, 3.8) is 0 Å². The lowest BCUT2D eigenvalue weighted by atomic mass is 10.1. The van der Waals surface area contributed by atoms with Gasteiger partial charge in [-0.25, -0.2) is 13.6 Å². The van der Waals surface area contributed by atoms with Crippen molar-refractivity contribution in [2.24, 2.45) is 0 Å². The molecule has 2 N–H and O–H groups in total. The number of carboxylic acids is 1. The second-order valence-corrected chi connectivity index (χ2v) is 3.07. The van der Waals surface area contributed by atoms with E-state index in [1.807, 2.05) is 0 Å². The molecule has 0 spiro atoms. The Morgan fingerprint density at radius 1 is 1.38 bits per heavy atom. The molecular formula is C10H6F2N2O2. The number of H-pyrrole nitrogens is 1. The Hall–Kier alpha value is -2.24. The molecule has 0 bridgehead atoms. The molecule has 0 saturated heterocycles. The van der Waals surface area contributed by atoms with Crippen molar-refractivity contribution in [2.45, 2.75) is 0 Å². The van der Waals surface area contributed by atoms with Gasteiger partial charge in [0.05, 0.1) is 5.69 Å². The van der Waals surface area contributed by atoms with Gasteiger partial charge < -0.3 is 5.11 Å². The Morgan fingerprint density at radius 3 is 2.75 bits per heavy atom. The predicted molar refractivity (Wildman–Crippen MR) is 50.9 cm³/mol. The zero-order chi connectivity index (χ0) is 11.7. The highest BCUT2D eigenvalue weighted by Crippen LogP contribution is 2.22. The van der Waals surface area contributed by atoms with Crippen LogP contribution in [0.3, 0.4) is 0 Å². The third-order valence-electron chi connectivity index (χ3n) is 2.04. The van der Waals surface area contributed by atoms with Gasteiger partial charge in [-0.3, -0.25) is 5.10 Å². The summed E-state index contributed by atoms with van der Waals surface area (Å²) in [5, 5.41) is 14.4. The van der Waals surface area contributed by atoms with E-state index in [4.69, 9.17) is 5.11 Å². The van der Waals surface area contributed by atoms with Gasteiger partial charge in [-0.05, 0) is 18.2 Å². The topological polar surface area (TPSA) is 66.0 Å². The molecule has 0 aliphatic rings. The predicted octanol–water partition coefficient (Wildman–Crippen LogP) is 2.05. The quantitative estimate of drug-likeness (QED) is 0.820. The van der Waals surface area contributed by atoms with E-state index in [0.717, 1.165) is 12.1 Å². The normalized spacial score (nSPS) is 10.4. The molecule has 1 heterocycles. The van der Waals surface area contributed by atoms with Crippen LogP contribution >= 0.6 is 0 Å². The molecule has 0 unspecified atom stereocenters. The van der Waals surface area contributed by atoms with Gasteiger partial charge in [-0.2, -0.15) is 5.10 Å². The van der Waals surface area contributed by atoms with Crippen molar-refractivity contribution >= 4 is 5.97 Å². The largest absolute Gasteiger partial charge is 0.477 e. The van der Waals surface area contributed by atoms with Gasteiger partial charge in [0, 0.05) is 5.56 Å². The number of halogens is 2. The van der Waals surface area contributed by atoms with Crippen LogP contribution in [0, 0.1) is 11.6 Å². The third kappa shape index (κ3) is 1.65. The van der Waals surface area contributed by atoms with Crippen molar-refractivity contribution in [3.8, 4) is 11.3 Å². The number of rotatable bonds is 2. The van der Waals surface area contributed by atoms with E-state index in [9.17, 15) is 13.6 Å². The summed E-state index contributed by atoms with van der Waals surface area (Å²) in [6.07, 6.45) is 0. The number of aromatic nitrogens is 2. The molecule has 1 aromatic heterocycles. The van der Waals surface area contributed by atoms with E-state index in [1.165, 1.54) is 12.1 Å². The lowest BCUT2D eigenvalue weighted by molar-refractivity contribution is 0.0690. The summed E-state index contributed by atoms with van der Waals surface area (Å²) in [7, 11) is 0. The minimum atomic E-state index is -1.21. The Morgan fingerprint density at radius 2 is 2.12 bits per heavy atom. The maximum absolute atomic E-state index is 13.3. The molecule has 0 aliphatic heterocycles. The smallest absolute Gasteiger partial charge is 0.353 e. The van der Waals surface area contributed by atoms with Crippen LogP contribution in [0.1, 0.15) is 10.5 Å². The van der Waals surface area contributed by atoms with E-state index in [-0.39, 0.29) is 17.0 Å². The number of aromatic carboxylic acids is 1. The average molecular weight is 224 g/mol. The first-order valence-electron chi connectivity index (χ1n) is 4.32. The summed E-state index contributed by atoms with van der Waals surface area (Å²) in [4.78, 5) is 10.6. The molecule has 0 saturated carbocycles. The Bertz CT molecular complexity index is 552. The van der Waals surface area contributed by atoms with Crippen LogP contribution in [0.5, 0.6) is 0 Å². The summed E-state index contributed by atoms with van der Waals surface area (Å²) in [6.45, 7) is 0. The Labute approximate surface area is 88.5 Å². The van der Waals surface area contributed by atoms with E-state index in [2.05, 4.69) is 10.2 Å². The molecule has 0 aliphatic carbocycles. The van der Waals surface area contributed by atoms with Gasteiger partial charge in [0.25, 0.3) is 0 Å². The summed E-state index contributed by atoms with van der Waals surface area (Å²) < 4.78 is 26.2. The Kier molecular flexibility index (Phi) is 2.40. The molecule has 1 aromatic carbocycles. The van der Waals surface area contributed by atoms with Crippen molar-refractivity contribution in [1.29, 1.82) is 0 Å². The molecule has 6 heteroatoms. The number of carbonyl (C=O) groups is 1. The molecule has 0 amide bonds. The number of carboxylic acid groups (broad SMARTS) is 1. The molecular weight excluding hydrogens is 218 g/mol. The number of aromatic amines is 1. The molecule has 2 aromatic rings. The maximum atomic E-state index is 13.3. The highest BCUT2D eigenvalue weighted by molar-refractivity contribution is 5.86. The van der Waals surface area contributed by atoms with Crippen LogP contribution in [-0.4, -0.2) is 21.3 Å². The summed E-state index contributed by atoms with van der Waals surface area (Å²) in [6, 6.07) is 4.76. The highest BCUT2D eigenvalue weighted by Gasteiger charge is 2.14. The maximum Gasteiger partial charge on any atom is 0.353 e. The van der Waals surface area contributed by atoms with Crippen molar-refractivity contribution in [1.82, 2.24) is 10.2 Å². The zero-order valence-electron chi connectivity index (χ0n) is 7.87. The van der Waals surface area contributed by atoms with E-state index in [0.29, 0.717) is 0 Å². The van der Waals surface area contributed by atoms with Crippen LogP contribution < -0.4 is 0 Å². The fourth-order valence-electron chi connectivity index (χ4n) is 1.27. The lowest BCUT2D eigenvalue weighted by Crippen LogP contribution is -1.95. The van der Waals surface area contributed by atoms with E-state index < -0.39 is 17.6 Å². The SMILES string of the molecule is O=C(O)c1cc(-c2cccc(F)c2F)n[nH]1. The van der Waals surface area contributed by atoms with Crippen LogP contribution in [0.4, 0.5) is 8.78 Å². The monoisotopic (exact) mass is 224 g/mol. The second kappa shape index (κ2) is 3.73. The lowest BCUT2D eigenvalue weighted by Gasteiger charge is -1.98. The van der Waals surface area contributed by atoms with Gasteiger partial charge in [0.2, 0.25) is 0 Å². The fourth-order valence-corrected chi connectivity index (χ4v) is 1.27. The standard InChI is InChI=1S/C10H6F2N2O2/c11-6-3-1-2-5(9(6)12)7-4-8(10(15)16)14-13-7/h1-4H,(H,13,14)(H,15,16). The number of benzene rings is 1. The summed E-state index contributed by atoms with van der Waals surface area (Å²) in [5.74, 6) is -3.26. The van der Waals surface area contributed by atoms with Crippen molar-refractivity contribution in [3.05, 3.63) is 41.6 Å². The molecule has 4 nitrogen and oxygen atoms in total. The van der Waals surface area contributed by atoms with Crippen LogP contribution in [0.2, 0.25) is 0 Å². The first-order chi connectivity index (χ1) is 7.59. The number of nitrogens with one attached hydrogen (secondary N) is 1. The molecule has 0 radical (unpaired) electrons. The number of hydrogen-bond acceptors (Lipinski definition) is 2. The minimum absolute atomic E-state index is 0.0504. The average Bonchev–Trinajstić information content (AvgIpc) is 2.71. The second-order valence-electron chi connectivity index (χ2n) is 3.07. The summed E-state index contributed by atoms with van der Waals surface area (Å²) in [5.41, 5.74) is -0.211. The van der Waals surface area contributed by atoms with Crippen LogP contribution in [0.25, 0.3) is 11.3 Å². The first kappa shape index (κ1) is 10.3. The third-order valence-corrected chi connectivity index (χ3v) is 2.04. The number of nitrogens with zero attached hydrogens (tertiary/aromatic N) is 1. The van der Waals surface area contributed by atoms with E-state index >= 15 is 0 Å². The van der Waals surface area contributed by atoms with Gasteiger partial charge in [0.1, 0.15) is 5.69 Å². The van der Waals surface area contributed by atoms with Crippen molar-refractivity contribution < 1.29 is 18.7 Å². The first-order valence-corrected chi connectivity index (χ1v) is 4.32. The number of hydrogen-bond donors (Lipinski definition) is 2. The Balaban J connectivity index is 2.50. The van der Waals surface area contributed by atoms with Gasteiger partial charge in [0.15, 0.2) is 11.6 Å². The molecule has 16 heavy (non-hydrogen) atoms. The minimum Gasteiger partial charge on any atom is -0.477 e. The zero-order valence-corrected chi connectivity index (χ0v) is 7.87. The van der Waals surface area contributed by atoms with Gasteiger partial charge in [-0.1, -0.05) is 6.07 Å². The van der Waals surface area contributed by atoms with Gasteiger partial charge in [-0.15, -0.1) is 0 Å². The van der Waals surface area contributed by atoms with Crippen LogP contribution in [-0.2, 0) is 0 Å². The summed E-state index contributed by atoms with van der Waals surface area (Å²) >= 11 is 0. The van der Waals surface area contributed by atoms with E-state index in [1.54, 1.807) is 0 Å². The highest BCUT2D eigenvalue weighted by atomic mass is 19.2. The van der Waals surface area contributed by atoms with Gasteiger partial charge >= 0.3 is 5.97 Å².